The van der Waals surface area contributed by atoms with Crippen molar-refractivity contribution in [1.82, 2.24) is 10.3 Å². The third kappa shape index (κ3) is 3.72. The number of aromatic nitrogens is 1. The van der Waals surface area contributed by atoms with Gasteiger partial charge in [0.1, 0.15) is 0 Å². The van der Waals surface area contributed by atoms with Gasteiger partial charge in [-0.1, -0.05) is 18.5 Å². The molecule has 4 nitrogen and oxygen atoms in total. The number of halogens is 1. The molecule has 17 heavy (non-hydrogen) atoms. The van der Waals surface area contributed by atoms with Gasteiger partial charge in [-0.2, -0.15) is 5.26 Å². The summed E-state index contributed by atoms with van der Waals surface area (Å²) in [5, 5.41) is 11.7. The predicted molar refractivity (Wildman–Crippen MR) is 65.8 cm³/mol. The molecule has 1 rings (SSSR count). The molecular formula is C12H14ClN3O. The van der Waals surface area contributed by atoms with Gasteiger partial charge in [0.25, 0.3) is 5.91 Å². The molecule has 0 aliphatic carbocycles. The number of hydrogen-bond donors (Lipinski definition) is 1. The monoisotopic (exact) mass is 251 g/mol. The lowest BCUT2D eigenvalue weighted by molar-refractivity contribution is 0.0936. The zero-order valence-electron chi connectivity index (χ0n) is 9.83. The zero-order chi connectivity index (χ0) is 12.8. The first-order valence-electron chi connectivity index (χ1n) is 5.38. The number of nitrogens with one attached hydrogen (secondary N) is 1. The summed E-state index contributed by atoms with van der Waals surface area (Å²) < 4.78 is 0. The summed E-state index contributed by atoms with van der Waals surface area (Å²) in [5.41, 5.74) is 1.10. The van der Waals surface area contributed by atoms with E-state index in [2.05, 4.69) is 10.3 Å². The van der Waals surface area contributed by atoms with Gasteiger partial charge in [-0.3, -0.25) is 9.78 Å². The van der Waals surface area contributed by atoms with Crippen LogP contribution in [0.5, 0.6) is 0 Å². The molecule has 0 aliphatic heterocycles. The lowest BCUT2D eigenvalue weighted by Gasteiger charge is -2.14. The number of nitrogens with zero attached hydrogens (tertiary/aromatic N) is 2. The second-order valence-corrected chi connectivity index (χ2v) is 4.15. The highest BCUT2D eigenvalue weighted by Crippen LogP contribution is 2.15. The third-order valence-corrected chi connectivity index (χ3v) is 2.71. The molecule has 0 fully saturated rings. The number of hydrogen-bond acceptors (Lipinski definition) is 3. The van der Waals surface area contributed by atoms with Gasteiger partial charge in [0.15, 0.2) is 0 Å². The maximum atomic E-state index is 11.9. The van der Waals surface area contributed by atoms with Gasteiger partial charge in [-0.25, -0.2) is 0 Å². The number of rotatable bonds is 4. The van der Waals surface area contributed by atoms with Crippen molar-refractivity contribution in [2.24, 2.45) is 0 Å². The standard InChI is InChI=1S/C12H14ClN3O/c1-3-9(4-5-14)16-12(17)10-7-15-8(2)6-11(10)13/h6-7,9H,3-4H2,1-2H3,(H,16,17). The van der Waals surface area contributed by atoms with Crippen LogP contribution < -0.4 is 5.32 Å². The third-order valence-electron chi connectivity index (χ3n) is 2.40. The van der Waals surface area contributed by atoms with Crippen molar-refractivity contribution in [3.05, 3.63) is 28.5 Å². The van der Waals surface area contributed by atoms with Crippen LogP contribution in [0.2, 0.25) is 5.02 Å². The quantitative estimate of drug-likeness (QED) is 0.894. The van der Waals surface area contributed by atoms with Gasteiger partial charge in [0.2, 0.25) is 0 Å². The normalized spacial score (nSPS) is 11.6. The molecule has 0 saturated carbocycles. The topological polar surface area (TPSA) is 65.8 Å². The first-order chi connectivity index (χ1) is 8.08. The predicted octanol–water partition coefficient (Wildman–Crippen LogP) is 2.47. The molecule has 0 spiro atoms. The molecule has 1 aromatic rings. The first-order valence-corrected chi connectivity index (χ1v) is 5.76. The van der Waals surface area contributed by atoms with Gasteiger partial charge in [0.05, 0.1) is 23.1 Å². The van der Waals surface area contributed by atoms with Gasteiger partial charge >= 0.3 is 0 Å². The molecule has 1 atom stereocenters. The Morgan fingerprint density at radius 1 is 1.71 bits per heavy atom. The van der Waals surface area contributed by atoms with E-state index >= 15 is 0 Å². The summed E-state index contributed by atoms with van der Waals surface area (Å²) in [4.78, 5) is 15.9. The molecule has 1 amide bonds. The Labute approximate surface area is 106 Å². The van der Waals surface area contributed by atoms with Crippen LogP contribution in [0.3, 0.4) is 0 Å². The average Bonchev–Trinajstić information content (AvgIpc) is 2.28. The van der Waals surface area contributed by atoms with Crippen LogP contribution in [0, 0.1) is 18.3 Å². The highest BCUT2D eigenvalue weighted by Gasteiger charge is 2.15. The minimum absolute atomic E-state index is 0.148. The molecule has 5 heteroatoms. The maximum Gasteiger partial charge on any atom is 0.254 e. The summed E-state index contributed by atoms with van der Waals surface area (Å²) >= 11 is 5.96. The lowest BCUT2D eigenvalue weighted by Crippen LogP contribution is -2.34. The number of amides is 1. The highest BCUT2D eigenvalue weighted by atomic mass is 35.5. The fourth-order valence-corrected chi connectivity index (χ4v) is 1.66. The minimum atomic E-state index is -0.287. The Balaban J connectivity index is 2.79. The van der Waals surface area contributed by atoms with E-state index in [4.69, 9.17) is 16.9 Å². The molecular weight excluding hydrogens is 238 g/mol. The molecule has 90 valence electrons. The van der Waals surface area contributed by atoms with Crippen LogP contribution in [-0.4, -0.2) is 16.9 Å². The molecule has 0 bridgehead atoms. The Kier molecular flexibility index (Phi) is 4.92. The van der Waals surface area contributed by atoms with Crippen LogP contribution in [-0.2, 0) is 0 Å². The Morgan fingerprint density at radius 3 is 2.94 bits per heavy atom. The number of carbonyl (C=O) groups excluding carboxylic acids is 1. The van der Waals surface area contributed by atoms with E-state index in [1.807, 2.05) is 13.0 Å². The SMILES string of the molecule is CCC(CC#N)NC(=O)c1cnc(C)cc1Cl. The number of nitriles is 1. The zero-order valence-corrected chi connectivity index (χ0v) is 10.6. The second-order valence-electron chi connectivity index (χ2n) is 3.75. The van der Waals surface area contributed by atoms with Crippen molar-refractivity contribution in [3.8, 4) is 6.07 Å². The second kappa shape index (κ2) is 6.21. The molecule has 1 aromatic heterocycles. The molecule has 1 unspecified atom stereocenters. The molecule has 1 N–H and O–H groups in total. The summed E-state index contributed by atoms with van der Waals surface area (Å²) in [6.45, 7) is 3.72. The van der Waals surface area contributed by atoms with Gasteiger partial charge in [-0.15, -0.1) is 0 Å². The van der Waals surface area contributed by atoms with Crippen molar-refractivity contribution in [1.29, 1.82) is 5.26 Å². The van der Waals surface area contributed by atoms with Crippen LogP contribution in [0.4, 0.5) is 0 Å². The van der Waals surface area contributed by atoms with E-state index in [9.17, 15) is 4.79 Å². The van der Waals surface area contributed by atoms with Gasteiger partial charge < -0.3 is 5.32 Å². The maximum absolute atomic E-state index is 11.9. The van der Waals surface area contributed by atoms with Crippen LogP contribution in [0.25, 0.3) is 0 Å². The Bertz CT molecular complexity index is 454. The Hall–Kier alpha value is -1.60. The van der Waals surface area contributed by atoms with Crippen molar-refractivity contribution in [3.63, 3.8) is 0 Å². The summed E-state index contributed by atoms with van der Waals surface area (Å²) in [6, 6.07) is 3.53. The number of carbonyl (C=O) groups is 1. The molecule has 0 saturated heterocycles. The molecule has 0 aliphatic rings. The fraction of sp³-hybridized carbons (Fsp3) is 0.417. The summed E-state index contributed by atoms with van der Waals surface area (Å²) in [6.07, 6.45) is 2.45. The summed E-state index contributed by atoms with van der Waals surface area (Å²) in [5.74, 6) is -0.287. The van der Waals surface area contributed by atoms with Crippen LogP contribution in [0.1, 0.15) is 35.8 Å². The van der Waals surface area contributed by atoms with E-state index in [1.54, 1.807) is 13.0 Å². The van der Waals surface area contributed by atoms with E-state index in [0.717, 1.165) is 5.69 Å². The summed E-state index contributed by atoms with van der Waals surface area (Å²) in [7, 11) is 0. The minimum Gasteiger partial charge on any atom is -0.348 e. The van der Waals surface area contributed by atoms with Crippen molar-refractivity contribution >= 4 is 17.5 Å². The highest BCUT2D eigenvalue weighted by molar-refractivity contribution is 6.33. The molecule has 0 radical (unpaired) electrons. The van der Waals surface area contributed by atoms with E-state index in [0.29, 0.717) is 23.4 Å². The molecule has 0 aromatic carbocycles. The largest absolute Gasteiger partial charge is 0.348 e. The van der Waals surface area contributed by atoms with E-state index < -0.39 is 0 Å². The van der Waals surface area contributed by atoms with E-state index in [-0.39, 0.29) is 11.9 Å². The van der Waals surface area contributed by atoms with Gasteiger partial charge in [-0.05, 0) is 19.4 Å². The fourth-order valence-electron chi connectivity index (χ4n) is 1.36. The van der Waals surface area contributed by atoms with Crippen LogP contribution >= 0.6 is 11.6 Å². The van der Waals surface area contributed by atoms with Crippen LogP contribution in [0.15, 0.2) is 12.3 Å². The first kappa shape index (κ1) is 13.5. The van der Waals surface area contributed by atoms with Crippen molar-refractivity contribution < 1.29 is 4.79 Å². The average molecular weight is 252 g/mol. The van der Waals surface area contributed by atoms with Gasteiger partial charge in [0, 0.05) is 17.9 Å². The van der Waals surface area contributed by atoms with E-state index in [1.165, 1.54) is 6.20 Å². The number of pyridine rings is 1. The number of aryl methyl sites for hydroxylation is 1. The lowest BCUT2D eigenvalue weighted by atomic mass is 10.1. The van der Waals surface area contributed by atoms with Crippen molar-refractivity contribution in [2.75, 3.05) is 0 Å². The smallest absolute Gasteiger partial charge is 0.254 e. The molecule has 1 heterocycles. The van der Waals surface area contributed by atoms with Crippen molar-refractivity contribution in [2.45, 2.75) is 32.7 Å². The Morgan fingerprint density at radius 2 is 2.41 bits per heavy atom.